The lowest BCUT2D eigenvalue weighted by atomic mass is 10.1. The summed E-state index contributed by atoms with van der Waals surface area (Å²) in [7, 11) is 0. The van der Waals surface area contributed by atoms with Crippen LogP contribution in [0.1, 0.15) is 41.6 Å². The molecule has 1 atom stereocenters. The van der Waals surface area contributed by atoms with E-state index in [-0.39, 0.29) is 5.97 Å². The first-order chi connectivity index (χ1) is 12.5. The van der Waals surface area contributed by atoms with Gasteiger partial charge in [-0.3, -0.25) is 0 Å². The molecule has 2 aromatic carbocycles. The van der Waals surface area contributed by atoms with Gasteiger partial charge in [0.05, 0.1) is 24.0 Å². The fourth-order valence-corrected chi connectivity index (χ4v) is 3.14. The largest absolute Gasteiger partial charge is 0.462 e. The number of nitrogens with zero attached hydrogens (tertiary/aromatic N) is 1. The Kier molecular flexibility index (Phi) is 5.24. The molecule has 0 amide bonds. The molecule has 1 aromatic heterocycles. The van der Waals surface area contributed by atoms with Gasteiger partial charge in [-0.1, -0.05) is 42.5 Å². The molecule has 0 aliphatic heterocycles. The van der Waals surface area contributed by atoms with Crippen molar-refractivity contribution >= 4 is 5.97 Å². The van der Waals surface area contributed by atoms with Gasteiger partial charge in [-0.05, 0) is 50.1 Å². The van der Waals surface area contributed by atoms with Gasteiger partial charge in [0.15, 0.2) is 0 Å². The summed E-state index contributed by atoms with van der Waals surface area (Å²) in [5.74, 6) is -0.333. The Morgan fingerprint density at radius 3 is 2.50 bits per heavy atom. The lowest BCUT2D eigenvalue weighted by molar-refractivity contribution is 0.0527. The number of aryl methyl sites for hydroxylation is 1. The molecule has 0 aliphatic carbocycles. The molecule has 0 bridgehead atoms. The van der Waals surface area contributed by atoms with Gasteiger partial charge in [-0.2, -0.15) is 0 Å². The molecule has 26 heavy (non-hydrogen) atoms. The van der Waals surface area contributed by atoms with Gasteiger partial charge in [0.25, 0.3) is 0 Å². The molecule has 1 unspecified atom stereocenters. The first-order valence-corrected chi connectivity index (χ1v) is 8.76. The lowest BCUT2D eigenvalue weighted by Crippen LogP contribution is -2.07. The van der Waals surface area contributed by atoms with E-state index in [0.29, 0.717) is 12.2 Å². The topological polar surface area (TPSA) is 51.5 Å². The van der Waals surface area contributed by atoms with Gasteiger partial charge >= 0.3 is 5.97 Å². The number of ether oxygens (including phenoxy) is 1. The third-order valence-electron chi connectivity index (χ3n) is 4.34. The maximum Gasteiger partial charge on any atom is 0.340 e. The molecular formula is C22H23NO3. The third-order valence-corrected chi connectivity index (χ3v) is 4.34. The van der Waals surface area contributed by atoms with Crippen molar-refractivity contribution in [3.05, 3.63) is 77.5 Å². The van der Waals surface area contributed by atoms with E-state index < -0.39 is 6.10 Å². The maximum absolute atomic E-state index is 12.5. The minimum Gasteiger partial charge on any atom is -0.462 e. The van der Waals surface area contributed by atoms with Crippen molar-refractivity contribution in [3.8, 4) is 16.9 Å². The Labute approximate surface area is 153 Å². The van der Waals surface area contributed by atoms with Crippen LogP contribution < -0.4 is 0 Å². The number of aliphatic hydroxyl groups excluding tert-OH is 1. The number of aliphatic hydroxyl groups is 1. The van der Waals surface area contributed by atoms with Crippen LogP contribution in [0.4, 0.5) is 0 Å². The number of hydrogen-bond donors (Lipinski definition) is 1. The zero-order valence-corrected chi connectivity index (χ0v) is 15.3. The number of benzene rings is 2. The zero-order chi connectivity index (χ0) is 18.7. The minimum atomic E-state index is -0.560. The summed E-state index contributed by atoms with van der Waals surface area (Å²) >= 11 is 0. The van der Waals surface area contributed by atoms with Crippen molar-refractivity contribution < 1.29 is 14.6 Å². The predicted molar refractivity (Wildman–Crippen MR) is 103 cm³/mol. The summed E-state index contributed by atoms with van der Waals surface area (Å²) < 4.78 is 7.30. The highest BCUT2D eigenvalue weighted by Gasteiger charge is 2.22. The third kappa shape index (κ3) is 3.41. The molecule has 0 fully saturated rings. The molecule has 4 heteroatoms. The van der Waals surface area contributed by atoms with E-state index in [1.165, 1.54) is 0 Å². The average Bonchev–Trinajstić information content (AvgIpc) is 3.00. The van der Waals surface area contributed by atoms with E-state index in [4.69, 9.17) is 4.74 Å². The van der Waals surface area contributed by atoms with E-state index in [9.17, 15) is 9.90 Å². The second kappa shape index (κ2) is 7.58. The number of hydrogen-bond acceptors (Lipinski definition) is 3. The van der Waals surface area contributed by atoms with Crippen molar-refractivity contribution in [1.29, 1.82) is 0 Å². The smallest absolute Gasteiger partial charge is 0.340 e. The molecule has 134 valence electrons. The Morgan fingerprint density at radius 2 is 1.85 bits per heavy atom. The van der Waals surface area contributed by atoms with Gasteiger partial charge < -0.3 is 14.4 Å². The fraction of sp³-hybridized carbons (Fsp3) is 0.227. The van der Waals surface area contributed by atoms with E-state index in [0.717, 1.165) is 28.2 Å². The summed E-state index contributed by atoms with van der Waals surface area (Å²) in [4.78, 5) is 12.5. The van der Waals surface area contributed by atoms with Gasteiger partial charge in [0, 0.05) is 11.4 Å². The molecule has 3 rings (SSSR count). The highest BCUT2D eigenvalue weighted by atomic mass is 16.5. The molecule has 1 N–H and O–H groups in total. The first kappa shape index (κ1) is 18.0. The van der Waals surface area contributed by atoms with E-state index in [1.807, 2.05) is 72.2 Å². The highest BCUT2D eigenvalue weighted by molar-refractivity contribution is 5.97. The number of carbonyl (C=O) groups is 1. The molecule has 0 radical (unpaired) electrons. The molecule has 3 aromatic rings. The number of aromatic nitrogens is 1. The second-order valence-corrected chi connectivity index (χ2v) is 6.24. The Bertz CT molecular complexity index is 910. The Balaban J connectivity index is 2.25. The van der Waals surface area contributed by atoms with Gasteiger partial charge in [0.2, 0.25) is 0 Å². The standard InChI is InChI=1S/C22H23NO3/c1-4-26-22(25)20-13-15(2)23(21(20)17-9-6-5-7-10-17)19-12-8-11-18(14-19)16(3)24/h5-14,16,24H,4H2,1-3H3. The van der Waals surface area contributed by atoms with Crippen LogP contribution in [-0.4, -0.2) is 22.2 Å². The molecule has 0 spiro atoms. The van der Waals surface area contributed by atoms with Gasteiger partial charge in [0.1, 0.15) is 0 Å². The summed E-state index contributed by atoms with van der Waals surface area (Å²) in [6.07, 6.45) is -0.560. The quantitative estimate of drug-likeness (QED) is 0.680. The van der Waals surface area contributed by atoms with Crippen LogP contribution in [0, 0.1) is 6.92 Å². The molecule has 4 nitrogen and oxygen atoms in total. The average molecular weight is 349 g/mol. The van der Waals surface area contributed by atoms with Crippen LogP contribution in [0.15, 0.2) is 60.7 Å². The summed E-state index contributed by atoms with van der Waals surface area (Å²) in [5, 5.41) is 9.93. The molecule has 1 heterocycles. The number of carbonyl (C=O) groups excluding carboxylic acids is 1. The normalized spacial score (nSPS) is 12.0. The van der Waals surface area contributed by atoms with E-state index in [1.54, 1.807) is 13.8 Å². The number of esters is 1. The molecular weight excluding hydrogens is 326 g/mol. The van der Waals surface area contributed by atoms with Crippen molar-refractivity contribution in [2.45, 2.75) is 26.9 Å². The monoisotopic (exact) mass is 349 g/mol. The molecule has 0 aliphatic rings. The van der Waals surface area contributed by atoms with Crippen molar-refractivity contribution in [3.63, 3.8) is 0 Å². The zero-order valence-electron chi connectivity index (χ0n) is 15.3. The van der Waals surface area contributed by atoms with Crippen LogP contribution in [-0.2, 0) is 4.74 Å². The van der Waals surface area contributed by atoms with Crippen LogP contribution >= 0.6 is 0 Å². The fourth-order valence-electron chi connectivity index (χ4n) is 3.14. The number of rotatable bonds is 5. The van der Waals surface area contributed by atoms with Crippen LogP contribution in [0.5, 0.6) is 0 Å². The second-order valence-electron chi connectivity index (χ2n) is 6.24. The lowest BCUT2D eigenvalue weighted by Gasteiger charge is -2.15. The summed E-state index contributed by atoms with van der Waals surface area (Å²) in [6.45, 7) is 5.83. The van der Waals surface area contributed by atoms with Crippen LogP contribution in [0.2, 0.25) is 0 Å². The predicted octanol–water partition coefficient (Wildman–Crippen LogP) is 4.68. The van der Waals surface area contributed by atoms with Crippen LogP contribution in [0.25, 0.3) is 16.9 Å². The van der Waals surface area contributed by atoms with Gasteiger partial charge in [-0.15, -0.1) is 0 Å². The van der Waals surface area contributed by atoms with Crippen molar-refractivity contribution in [1.82, 2.24) is 4.57 Å². The summed E-state index contributed by atoms with van der Waals surface area (Å²) in [6, 6.07) is 19.4. The van der Waals surface area contributed by atoms with E-state index >= 15 is 0 Å². The van der Waals surface area contributed by atoms with E-state index in [2.05, 4.69) is 0 Å². The maximum atomic E-state index is 12.5. The SMILES string of the molecule is CCOC(=O)c1cc(C)n(-c2cccc(C(C)O)c2)c1-c1ccccc1. The Morgan fingerprint density at radius 1 is 1.12 bits per heavy atom. The van der Waals surface area contributed by atoms with Crippen molar-refractivity contribution in [2.75, 3.05) is 6.61 Å². The molecule has 0 saturated carbocycles. The van der Waals surface area contributed by atoms with Crippen molar-refractivity contribution in [2.24, 2.45) is 0 Å². The first-order valence-electron chi connectivity index (χ1n) is 8.76. The molecule has 0 saturated heterocycles. The van der Waals surface area contributed by atoms with Gasteiger partial charge in [-0.25, -0.2) is 4.79 Å². The summed E-state index contributed by atoms with van der Waals surface area (Å²) in [5.41, 5.74) is 4.92. The highest BCUT2D eigenvalue weighted by Crippen LogP contribution is 2.32. The van der Waals surface area contributed by atoms with Crippen LogP contribution in [0.3, 0.4) is 0 Å². The Hall–Kier alpha value is -2.85. The minimum absolute atomic E-state index is 0.328.